The molecule has 0 bridgehead atoms. The molecule has 0 N–H and O–H groups in total. The minimum Gasteiger partial charge on any atom is -0.481 e. The molecule has 0 aromatic heterocycles. The molecule has 5 nitrogen and oxygen atoms in total. The lowest BCUT2D eigenvalue weighted by atomic mass is 9.96. The van der Waals surface area contributed by atoms with Gasteiger partial charge in [-0.3, -0.25) is 0 Å². The number of esters is 1. The summed E-state index contributed by atoms with van der Waals surface area (Å²) in [7, 11) is -4.04. The molecule has 0 aliphatic rings. The Labute approximate surface area is 186 Å². The molecule has 0 fully saturated rings. The number of hydrogen-bond donors (Lipinski definition) is 0. The van der Waals surface area contributed by atoms with Crippen LogP contribution in [0.2, 0.25) is 0 Å². The number of hydrogen-bond acceptors (Lipinski definition) is 5. The van der Waals surface area contributed by atoms with Gasteiger partial charge in [-0.15, -0.1) is 0 Å². The van der Waals surface area contributed by atoms with E-state index in [-0.39, 0.29) is 0 Å². The maximum Gasteiger partial charge on any atom is 0.417 e. The molecule has 2 aromatic carbocycles. The number of ether oxygens (including phenoxy) is 2. The highest BCUT2D eigenvalue weighted by atomic mass is 32.2. The highest BCUT2D eigenvalue weighted by Gasteiger charge is 2.37. The van der Waals surface area contributed by atoms with Gasteiger partial charge < -0.3 is 9.47 Å². The van der Waals surface area contributed by atoms with Gasteiger partial charge in [0.15, 0.2) is 16.4 Å². The Bertz CT molecular complexity index is 1150. The first-order valence-corrected chi connectivity index (χ1v) is 11.2. The number of alkyl halides is 6. The summed E-state index contributed by atoms with van der Waals surface area (Å²) >= 11 is 0. The molecule has 0 saturated carbocycles. The summed E-state index contributed by atoms with van der Waals surface area (Å²) in [5, 5.41) is 0. The first-order valence-electron chi connectivity index (χ1n) is 9.26. The van der Waals surface area contributed by atoms with Gasteiger partial charge in [-0.05, 0) is 56.7 Å². The van der Waals surface area contributed by atoms with Crippen LogP contribution in [0.3, 0.4) is 0 Å². The zero-order chi connectivity index (χ0) is 25.4. The molecular weight excluding hydrogens is 478 g/mol. The first kappa shape index (κ1) is 26.5. The lowest BCUT2D eigenvalue weighted by Gasteiger charge is -2.21. The van der Waals surface area contributed by atoms with E-state index in [2.05, 4.69) is 0 Å². The van der Waals surface area contributed by atoms with Crippen LogP contribution in [-0.2, 0) is 31.7 Å². The van der Waals surface area contributed by atoms with Crippen LogP contribution in [0.15, 0.2) is 41.3 Å². The first-order chi connectivity index (χ1) is 14.8. The SMILES string of the molecule is CC(C)(C)OC(=O)COc1ccc(C(F)(F)F)cc1-c1ccc(S(C)(=O)=O)cc1C(F)(F)F. The van der Waals surface area contributed by atoms with Crippen molar-refractivity contribution in [1.82, 2.24) is 0 Å². The predicted octanol–water partition coefficient (Wildman–Crippen LogP) is 5.52. The van der Waals surface area contributed by atoms with Crippen molar-refractivity contribution in [2.45, 2.75) is 43.6 Å². The maximum atomic E-state index is 13.7. The Morgan fingerprint density at radius 1 is 0.879 bits per heavy atom. The monoisotopic (exact) mass is 498 g/mol. The van der Waals surface area contributed by atoms with Gasteiger partial charge in [-0.2, -0.15) is 26.3 Å². The van der Waals surface area contributed by atoms with Crippen molar-refractivity contribution in [3.63, 3.8) is 0 Å². The number of rotatable bonds is 5. The Balaban J connectivity index is 2.67. The molecule has 0 spiro atoms. The van der Waals surface area contributed by atoms with Gasteiger partial charge in [0.1, 0.15) is 11.4 Å². The van der Waals surface area contributed by atoms with E-state index in [1.165, 1.54) is 0 Å². The number of sulfone groups is 1. The summed E-state index contributed by atoms with van der Waals surface area (Å²) < 4.78 is 115. The van der Waals surface area contributed by atoms with Gasteiger partial charge in [0.05, 0.1) is 16.0 Å². The largest absolute Gasteiger partial charge is 0.481 e. The second-order valence-corrected chi connectivity index (χ2v) is 10.1. The third-order valence-corrected chi connectivity index (χ3v) is 5.20. The quantitative estimate of drug-likeness (QED) is 0.401. The highest BCUT2D eigenvalue weighted by molar-refractivity contribution is 7.90. The molecule has 0 aliphatic carbocycles. The summed E-state index contributed by atoms with van der Waals surface area (Å²) in [4.78, 5) is 11.2. The number of carbonyl (C=O) groups excluding carboxylic acids is 1. The van der Waals surface area contributed by atoms with Gasteiger partial charge in [0, 0.05) is 11.8 Å². The van der Waals surface area contributed by atoms with E-state index in [0.717, 1.165) is 18.2 Å². The molecule has 2 rings (SSSR count). The standard InChI is InChI=1S/C21H20F6O5S/c1-19(2,3)32-18(28)11-31-17-8-5-12(20(22,23)24)9-15(17)14-7-6-13(33(4,29)30)10-16(14)21(25,26)27/h5-10H,11H2,1-4H3. The molecule has 0 heterocycles. The van der Waals surface area contributed by atoms with E-state index in [4.69, 9.17) is 9.47 Å². The van der Waals surface area contributed by atoms with Crippen LogP contribution in [0.1, 0.15) is 31.9 Å². The molecule has 2 aromatic rings. The molecule has 0 aliphatic heterocycles. The van der Waals surface area contributed by atoms with Crippen molar-refractivity contribution < 1.29 is 49.0 Å². The minimum atomic E-state index is -5.10. The Morgan fingerprint density at radius 3 is 1.97 bits per heavy atom. The summed E-state index contributed by atoms with van der Waals surface area (Å²) in [5.74, 6) is -1.34. The van der Waals surface area contributed by atoms with E-state index >= 15 is 0 Å². The topological polar surface area (TPSA) is 69.7 Å². The van der Waals surface area contributed by atoms with Crippen molar-refractivity contribution in [3.8, 4) is 16.9 Å². The molecular formula is C21H20F6O5S. The van der Waals surface area contributed by atoms with Crippen LogP contribution in [-0.4, -0.2) is 32.9 Å². The van der Waals surface area contributed by atoms with E-state index in [9.17, 15) is 39.6 Å². The average molecular weight is 498 g/mol. The Morgan fingerprint density at radius 2 is 1.48 bits per heavy atom. The maximum absolute atomic E-state index is 13.7. The van der Waals surface area contributed by atoms with Crippen molar-refractivity contribution >= 4 is 15.8 Å². The Kier molecular flexibility index (Phi) is 7.13. The lowest BCUT2D eigenvalue weighted by Crippen LogP contribution is -2.27. The predicted molar refractivity (Wildman–Crippen MR) is 106 cm³/mol. The summed E-state index contributed by atoms with van der Waals surface area (Å²) in [6.45, 7) is 3.91. The van der Waals surface area contributed by atoms with Crippen molar-refractivity contribution in [2.24, 2.45) is 0 Å². The van der Waals surface area contributed by atoms with Crippen molar-refractivity contribution in [1.29, 1.82) is 0 Å². The van der Waals surface area contributed by atoms with Gasteiger partial charge in [0.2, 0.25) is 0 Å². The van der Waals surface area contributed by atoms with Gasteiger partial charge in [-0.1, -0.05) is 6.07 Å². The van der Waals surface area contributed by atoms with Crippen LogP contribution >= 0.6 is 0 Å². The number of benzene rings is 2. The third-order valence-electron chi connectivity index (χ3n) is 4.09. The second kappa shape index (κ2) is 8.88. The highest BCUT2D eigenvalue weighted by Crippen LogP contribution is 2.43. The smallest absolute Gasteiger partial charge is 0.417 e. The molecule has 0 radical (unpaired) electrons. The van der Waals surface area contributed by atoms with E-state index in [1.54, 1.807) is 20.8 Å². The molecule has 182 valence electrons. The van der Waals surface area contributed by atoms with Crippen LogP contribution in [0, 0.1) is 0 Å². The molecule has 0 saturated heterocycles. The minimum absolute atomic E-state index is 0.336. The van der Waals surface area contributed by atoms with E-state index in [1.807, 2.05) is 0 Å². The second-order valence-electron chi connectivity index (χ2n) is 8.06. The van der Waals surface area contributed by atoms with E-state index < -0.39 is 73.3 Å². The lowest BCUT2D eigenvalue weighted by molar-refractivity contribution is -0.157. The third kappa shape index (κ3) is 7.11. The fraction of sp³-hybridized carbons (Fsp3) is 0.381. The average Bonchev–Trinajstić information content (AvgIpc) is 2.62. The zero-order valence-corrected chi connectivity index (χ0v) is 18.7. The number of carbonyl (C=O) groups is 1. The molecule has 0 amide bonds. The number of halogens is 6. The van der Waals surface area contributed by atoms with Gasteiger partial charge in [-0.25, -0.2) is 13.2 Å². The van der Waals surface area contributed by atoms with Gasteiger partial charge >= 0.3 is 18.3 Å². The summed E-state index contributed by atoms with van der Waals surface area (Å²) in [6.07, 6.45) is -9.29. The molecule has 0 unspecified atom stereocenters. The molecule has 0 atom stereocenters. The fourth-order valence-electron chi connectivity index (χ4n) is 2.77. The summed E-state index contributed by atoms with van der Waals surface area (Å²) in [5.41, 5.74) is -5.01. The normalized spacial score (nSPS) is 13.0. The van der Waals surface area contributed by atoms with E-state index in [0.29, 0.717) is 24.5 Å². The van der Waals surface area contributed by atoms with Gasteiger partial charge in [0.25, 0.3) is 0 Å². The van der Waals surface area contributed by atoms with Crippen LogP contribution in [0.4, 0.5) is 26.3 Å². The fourth-order valence-corrected chi connectivity index (χ4v) is 3.42. The summed E-state index contributed by atoms with van der Waals surface area (Å²) in [6, 6.07) is 3.74. The zero-order valence-electron chi connectivity index (χ0n) is 17.9. The van der Waals surface area contributed by atoms with Crippen LogP contribution in [0.25, 0.3) is 11.1 Å². The van der Waals surface area contributed by atoms with Crippen molar-refractivity contribution in [2.75, 3.05) is 12.9 Å². The molecule has 12 heteroatoms. The van der Waals surface area contributed by atoms with Crippen LogP contribution < -0.4 is 4.74 Å². The Hall–Kier alpha value is -2.76. The van der Waals surface area contributed by atoms with Crippen molar-refractivity contribution in [3.05, 3.63) is 47.5 Å². The molecule has 33 heavy (non-hydrogen) atoms. The van der Waals surface area contributed by atoms with Crippen LogP contribution in [0.5, 0.6) is 5.75 Å².